The minimum atomic E-state index is -5.00. The van der Waals surface area contributed by atoms with Gasteiger partial charge in [-0.1, -0.05) is 0 Å². The molecule has 4 saturated heterocycles. The Kier molecular flexibility index (Phi) is 21.8. The van der Waals surface area contributed by atoms with Gasteiger partial charge in [-0.15, -0.1) is 45.3 Å². The molecule has 42 nitrogen and oxygen atoms in total. The zero-order valence-electron chi connectivity index (χ0n) is 56.8. The van der Waals surface area contributed by atoms with Crippen molar-refractivity contribution in [2.75, 3.05) is 62.6 Å². The van der Waals surface area contributed by atoms with Gasteiger partial charge in [-0.25, -0.2) is 78.1 Å². The number of anilines is 4. The van der Waals surface area contributed by atoms with Crippen LogP contribution in [0.5, 0.6) is 0 Å². The SMILES string of the molecule is Nc1ncnc2c1ncn2[C@H]1C[C@H](OP(=O)(O)OC[C@H]2O[C@@H](n3cnc4c(N)ncnc43)C[C@@H]2OP(=O)(O)OCCc2ccc(-c3ccc(-c4ccc(-c5ccc(CCOP(=O)(O)O[C@H]6C[C@H](n7cnc8c(N)ncnc87)O[C@@H]6COP(=O)(O)O[C@H]6C[C@H](n7cnc8c(N)ncnc87)O[C@@H]6CO)s5)s4)s3)s2)[C@@H](CO)O1. The van der Waals surface area contributed by atoms with Crippen LogP contribution in [0.3, 0.4) is 0 Å². The van der Waals surface area contributed by atoms with E-state index in [-0.39, 0.29) is 97.3 Å². The first-order valence-electron chi connectivity index (χ1n) is 33.5. The van der Waals surface area contributed by atoms with Gasteiger partial charge in [-0.2, -0.15) is 0 Å². The molecular weight excluding hydrogens is 1600 g/mol. The Bertz CT molecular complexity index is 5220. The molecule has 4 aliphatic rings. The molecule has 12 aromatic heterocycles. The van der Waals surface area contributed by atoms with Crippen molar-refractivity contribution < 1.29 is 103 Å². The lowest BCUT2D eigenvalue weighted by Crippen LogP contribution is -2.30. The Balaban J connectivity index is 0.511. The van der Waals surface area contributed by atoms with E-state index < -0.39 is 131 Å². The first kappa shape index (κ1) is 76.4. The average Bonchev–Trinajstić information content (AvgIpc) is 1.65. The zero-order chi connectivity index (χ0) is 76.4. The van der Waals surface area contributed by atoms with Crippen molar-refractivity contribution in [3.8, 4) is 29.3 Å². The summed E-state index contributed by atoms with van der Waals surface area (Å²) in [7, 11) is -19.7. The number of nitrogens with zero attached hydrogens (tertiary/aromatic N) is 16. The molecule has 12 aromatic rings. The summed E-state index contributed by atoms with van der Waals surface area (Å²) in [5, 5.41) is 20.4. The lowest BCUT2D eigenvalue weighted by Gasteiger charge is -2.23. The van der Waals surface area contributed by atoms with Gasteiger partial charge in [0.1, 0.15) is 121 Å². The highest BCUT2D eigenvalue weighted by Crippen LogP contribution is 2.55. The molecule has 4 aliphatic heterocycles. The Hall–Kier alpha value is -7.60. The van der Waals surface area contributed by atoms with Crippen molar-refractivity contribution in [1.82, 2.24) is 78.1 Å². The van der Waals surface area contributed by atoms with E-state index in [0.29, 0.717) is 22.3 Å². The van der Waals surface area contributed by atoms with E-state index >= 15 is 0 Å². The smallest absolute Gasteiger partial charge is 0.394 e. The quantitative estimate of drug-likeness (QED) is 0.0198. The number of rotatable bonds is 31. The van der Waals surface area contributed by atoms with Gasteiger partial charge in [-0.3, -0.25) is 54.5 Å². The van der Waals surface area contributed by atoms with Gasteiger partial charge in [0.05, 0.1) is 65.0 Å². The highest BCUT2D eigenvalue weighted by atomic mass is 32.1. The summed E-state index contributed by atoms with van der Waals surface area (Å²) in [5.41, 5.74) is 26.4. The number of hydrogen-bond donors (Lipinski definition) is 10. The second-order valence-corrected chi connectivity index (χ2v) is 35.4. The summed E-state index contributed by atoms with van der Waals surface area (Å²) < 4.78 is 130. The van der Waals surface area contributed by atoms with Crippen LogP contribution in [-0.2, 0) is 86.2 Å². The number of nitrogen functional groups attached to an aromatic ring is 4. The van der Waals surface area contributed by atoms with E-state index in [1.54, 1.807) is 22.7 Å². The normalized spacial score (nSPS) is 25.3. The largest absolute Gasteiger partial charge is 0.472 e. The third-order valence-electron chi connectivity index (χ3n) is 18.2. The van der Waals surface area contributed by atoms with E-state index in [1.807, 2.05) is 48.5 Å². The monoisotopic (exact) mass is 1670 g/mol. The first-order chi connectivity index (χ1) is 52.9. The predicted molar refractivity (Wildman–Crippen MR) is 391 cm³/mol. The van der Waals surface area contributed by atoms with E-state index in [9.17, 15) is 48.0 Å². The number of nitrogens with two attached hydrogens (primary N) is 4. The maximum atomic E-state index is 13.8. The van der Waals surface area contributed by atoms with Crippen LogP contribution in [0, 0.1) is 0 Å². The predicted octanol–water partition coefficient (Wildman–Crippen LogP) is 6.85. The van der Waals surface area contributed by atoms with Crippen molar-refractivity contribution in [2.45, 2.75) is 112 Å². The molecule has 0 spiro atoms. The van der Waals surface area contributed by atoms with E-state index in [1.165, 1.54) is 91.6 Å². The van der Waals surface area contributed by atoms with Crippen LogP contribution in [-0.4, -0.2) is 196 Å². The molecule has 4 unspecified atom stereocenters. The van der Waals surface area contributed by atoms with Crippen LogP contribution in [0.25, 0.3) is 73.9 Å². The number of fused-ring (bicyclic) bond motifs is 4. The second kappa shape index (κ2) is 31.4. The molecule has 50 heteroatoms. The number of phosphoric ester groups is 4. The highest BCUT2D eigenvalue weighted by molar-refractivity contribution is 7.48. The minimum Gasteiger partial charge on any atom is -0.394 e. The number of ether oxygens (including phenoxy) is 4. The van der Waals surface area contributed by atoms with Crippen molar-refractivity contribution in [3.05, 3.63) is 109 Å². The standard InChI is InChI=1S/C60H66N20O22P4S4/c61-53-49-57(69-21-65-53)77(25-73-49)45-13-31(35(17-81)95-45)99-105(87,88)93-19-37-33(15-47(97-37)79-27-75-51-55(63)67-23-71-59(51)79)101-103(83,84)91-11-9-29-1-3-39(107-29)41-5-7-43(109-41)44-8-6-42(110-44)40-4-2-30(108-40)10-12-92-104(85,86)102-34-16-48(80-28-76-52-56(64)68-24-72-60(52)80)98-38(34)20-94-106(89,90)100-32-14-46(96-36(32)18-82)78-26-74-50-54(62)66-22-70-58(50)78/h1-8,21-28,31-38,45-48,81-82H,9-20H2,(H,83,84)(H,85,86)(H,87,88)(H,89,90)(H2,61,65,69)(H2,62,66,70)(H2,63,67,71)(H2,64,68,72)/t31-,32-,33-,34-,35+,36+,37+,38+,45+,46+,47+,48+/m0/s1. The number of hydrogen-bond acceptors (Lipinski definition) is 38. The van der Waals surface area contributed by atoms with Gasteiger partial charge in [0.15, 0.2) is 45.9 Å². The molecule has 16 atom stereocenters. The fourth-order valence-corrected chi connectivity index (χ4v) is 21.1. The summed E-state index contributed by atoms with van der Waals surface area (Å²) in [6.45, 7) is -3.03. The molecular formula is C60H66N20O22P4S4. The number of imidazole rings is 4. The highest BCUT2D eigenvalue weighted by Gasteiger charge is 2.49. The molecule has 16 heterocycles. The second-order valence-electron chi connectivity index (χ2n) is 25.2. The average molecular weight is 1670 g/mol. The van der Waals surface area contributed by atoms with Gasteiger partial charge < -0.3 is 71.7 Å². The topological polar surface area (TPSA) is 579 Å². The molecule has 0 amide bonds. The molecule has 582 valence electrons. The number of phosphoric acid groups is 4. The number of thiophene rings is 4. The fraction of sp³-hybridized carbons (Fsp3) is 0.400. The Morgan fingerprint density at radius 1 is 0.373 bits per heavy atom. The minimum absolute atomic E-state index is 0.0411. The van der Waals surface area contributed by atoms with Crippen LogP contribution in [0.1, 0.15) is 60.3 Å². The molecule has 0 bridgehead atoms. The van der Waals surface area contributed by atoms with Crippen molar-refractivity contribution in [1.29, 1.82) is 0 Å². The number of aliphatic hydroxyl groups excluding tert-OH is 2. The molecule has 4 fully saturated rings. The molecule has 0 radical (unpaired) electrons. The molecule has 0 aliphatic carbocycles. The molecule has 0 saturated carbocycles. The molecule has 14 N–H and O–H groups in total. The van der Waals surface area contributed by atoms with Crippen molar-refractivity contribution in [2.24, 2.45) is 0 Å². The van der Waals surface area contributed by atoms with Crippen molar-refractivity contribution in [3.63, 3.8) is 0 Å². The van der Waals surface area contributed by atoms with Gasteiger partial charge in [-0.05, 0) is 48.5 Å². The van der Waals surface area contributed by atoms with E-state index in [0.717, 1.165) is 39.0 Å². The number of aromatic nitrogens is 16. The zero-order valence-corrected chi connectivity index (χ0v) is 63.6. The fourth-order valence-electron chi connectivity index (χ4n) is 13.0. The summed E-state index contributed by atoms with van der Waals surface area (Å²) in [4.78, 5) is 102. The summed E-state index contributed by atoms with van der Waals surface area (Å²) >= 11 is 6.13. The summed E-state index contributed by atoms with van der Waals surface area (Å²) in [5.74, 6) is 0.438. The first-order valence-corrected chi connectivity index (χ1v) is 42.7. The molecule has 0 aromatic carbocycles. The molecule has 110 heavy (non-hydrogen) atoms. The van der Waals surface area contributed by atoms with Crippen LogP contribution < -0.4 is 22.9 Å². The van der Waals surface area contributed by atoms with E-state index in [2.05, 4.69) is 59.8 Å². The van der Waals surface area contributed by atoms with Gasteiger partial charge in [0.2, 0.25) is 0 Å². The Labute approximate surface area is 635 Å². The van der Waals surface area contributed by atoms with Crippen LogP contribution in [0.2, 0.25) is 0 Å². The Morgan fingerprint density at radius 3 is 0.936 bits per heavy atom. The Morgan fingerprint density at radius 2 is 0.636 bits per heavy atom. The maximum absolute atomic E-state index is 13.8. The summed E-state index contributed by atoms with van der Waals surface area (Å²) in [6.07, 6.45) is -2.52. The van der Waals surface area contributed by atoms with Gasteiger partial charge in [0, 0.05) is 77.5 Å². The lowest BCUT2D eigenvalue weighted by molar-refractivity contribution is -0.0555. The third kappa shape index (κ3) is 16.3. The third-order valence-corrected chi connectivity index (χ3v) is 27.4. The lowest BCUT2D eigenvalue weighted by atomic mass is 10.2. The van der Waals surface area contributed by atoms with Gasteiger partial charge in [0.25, 0.3) is 0 Å². The number of aliphatic hydroxyl groups is 2. The maximum Gasteiger partial charge on any atom is 0.472 e. The van der Waals surface area contributed by atoms with Crippen LogP contribution >= 0.6 is 76.6 Å². The summed E-state index contributed by atoms with van der Waals surface area (Å²) in [6, 6.07) is 15.8. The van der Waals surface area contributed by atoms with Crippen molar-refractivity contribution >= 4 is 145 Å². The van der Waals surface area contributed by atoms with Crippen LogP contribution in [0.4, 0.5) is 23.3 Å². The van der Waals surface area contributed by atoms with Crippen LogP contribution in [0.15, 0.2) is 99.1 Å². The van der Waals surface area contributed by atoms with Gasteiger partial charge >= 0.3 is 31.3 Å². The van der Waals surface area contributed by atoms with E-state index in [4.69, 9.17) is 78.1 Å². The molecule has 16 rings (SSSR count).